The summed E-state index contributed by atoms with van der Waals surface area (Å²) in [6.45, 7) is 18.1. The van der Waals surface area contributed by atoms with Crippen LogP contribution in [-0.4, -0.2) is 15.8 Å². The fourth-order valence-electron chi connectivity index (χ4n) is 4.41. The summed E-state index contributed by atoms with van der Waals surface area (Å²) in [5.74, 6) is 2.46. The van der Waals surface area contributed by atoms with Gasteiger partial charge in [-0.1, -0.05) is 43.2 Å². The van der Waals surface area contributed by atoms with Crippen LogP contribution < -0.4 is 0 Å². The molecule has 1 saturated carbocycles. The van der Waals surface area contributed by atoms with Gasteiger partial charge in [-0.3, -0.25) is 0 Å². The van der Waals surface area contributed by atoms with Gasteiger partial charge in [-0.25, -0.2) is 0 Å². The summed E-state index contributed by atoms with van der Waals surface area (Å²) in [5.41, 5.74) is 5.76. The van der Waals surface area contributed by atoms with Gasteiger partial charge in [-0.2, -0.15) is 0 Å². The lowest BCUT2D eigenvalue weighted by molar-refractivity contribution is 0.112. The van der Waals surface area contributed by atoms with Crippen molar-refractivity contribution in [1.82, 2.24) is 0 Å². The lowest BCUT2D eigenvalue weighted by Gasteiger charge is -2.37. The second kappa shape index (κ2) is 8.70. The molecule has 0 aromatic heterocycles. The number of rotatable bonds is 7. The minimum atomic E-state index is -1.10. The summed E-state index contributed by atoms with van der Waals surface area (Å²) in [5, 5.41) is 22.3. The summed E-state index contributed by atoms with van der Waals surface area (Å²) in [7, 11) is 0. The molecule has 0 spiro atoms. The van der Waals surface area contributed by atoms with Crippen LogP contribution in [0, 0.1) is 17.8 Å². The van der Waals surface area contributed by atoms with Gasteiger partial charge in [0.2, 0.25) is 0 Å². The highest BCUT2D eigenvalue weighted by Crippen LogP contribution is 2.60. The number of allylic oxidation sites excluding steroid dienone is 6. The predicted octanol–water partition coefficient (Wildman–Crippen LogP) is 6.81. The summed E-state index contributed by atoms with van der Waals surface area (Å²) in [6, 6.07) is 5.40. The van der Waals surface area contributed by atoms with Gasteiger partial charge < -0.3 is 10.2 Å². The normalized spacial score (nSPS) is 18.7. The number of benzene rings is 1. The Balaban J connectivity index is 3.00. The summed E-state index contributed by atoms with van der Waals surface area (Å²) < 4.78 is 0. The zero-order chi connectivity index (χ0) is 22.9. The molecule has 1 aliphatic carbocycles. The van der Waals surface area contributed by atoms with Crippen LogP contribution in [0.1, 0.15) is 78.4 Å². The van der Waals surface area contributed by atoms with Gasteiger partial charge in [-0.15, -0.1) is 6.42 Å². The molecule has 2 N–H and O–H groups in total. The molecule has 1 fully saturated rings. The number of hydrogen-bond donors (Lipinski definition) is 2. The molecule has 0 radical (unpaired) electrons. The summed E-state index contributed by atoms with van der Waals surface area (Å²) >= 11 is 0. The largest absolute Gasteiger partial charge is 0.508 e. The van der Waals surface area contributed by atoms with E-state index in [0.29, 0.717) is 5.56 Å². The number of phenolic OH excluding ortho intramolecular Hbond substituents is 1. The zero-order valence-corrected chi connectivity index (χ0v) is 19.6. The van der Waals surface area contributed by atoms with Crippen LogP contribution in [0.25, 0.3) is 0 Å². The molecule has 2 rings (SSSR count). The lowest BCUT2D eigenvalue weighted by atomic mass is 9.69. The van der Waals surface area contributed by atoms with E-state index in [9.17, 15) is 10.2 Å². The van der Waals surface area contributed by atoms with Crippen molar-refractivity contribution in [2.24, 2.45) is 5.41 Å². The molecule has 0 heterocycles. The number of aliphatic hydroxyl groups is 1. The Labute approximate surface area is 182 Å². The molecular formula is C28H36O2. The molecule has 2 heteroatoms. The van der Waals surface area contributed by atoms with Crippen LogP contribution in [0.5, 0.6) is 5.75 Å². The minimum absolute atomic E-state index is 0.0220. The van der Waals surface area contributed by atoms with Crippen LogP contribution in [0.4, 0.5) is 0 Å². The van der Waals surface area contributed by atoms with Gasteiger partial charge in [0.15, 0.2) is 0 Å². The third-order valence-corrected chi connectivity index (χ3v) is 6.55. The molecule has 160 valence electrons. The first-order chi connectivity index (χ1) is 13.9. The van der Waals surface area contributed by atoms with Crippen molar-refractivity contribution >= 4 is 0 Å². The van der Waals surface area contributed by atoms with Crippen molar-refractivity contribution in [2.45, 2.75) is 72.8 Å². The smallest absolute Gasteiger partial charge is 0.120 e. The van der Waals surface area contributed by atoms with E-state index in [0.717, 1.165) is 29.6 Å². The van der Waals surface area contributed by atoms with Crippen LogP contribution >= 0.6 is 0 Å². The molecule has 1 aromatic rings. The first kappa shape index (κ1) is 23.8. The molecule has 1 aromatic carbocycles. The third-order valence-electron chi connectivity index (χ3n) is 6.55. The number of phenols is 1. The maximum atomic E-state index is 11.3. The van der Waals surface area contributed by atoms with Crippen molar-refractivity contribution in [1.29, 1.82) is 0 Å². The maximum Gasteiger partial charge on any atom is 0.120 e. The van der Waals surface area contributed by atoms with E-state index in [-0.39, 0.29) is 17.1 Å². The maximum absolute atomic E-state index is 11.3. The summed E-state index contributed by atoms with van der Waals surface area (Å²) in [4.78, 5) is 0. The Morgan fingerprint density at radius 1 is 1.27 bits per heavy atom. The average molecular weight is 405 g/mol. The molecule has 30 heavy (non-hydrogen) atoms. The molecule has 1 atom stereocenters. The predicted molar refractivity (Wildman–Crippen MR) is 127 cm³/mol. The Bertz CT molecular complexity index is 967. The van der Waals surface area contributed by atoms with Gasteiger partial charge in [0.25, 0.3) is 0 Å². The molecule has 1 aliphatic rings. The van der Waals surface area contributed by atoms with E-state index in [2.05, 4.69) is 39.3 Å². The Morgan fingerprint density at radius 2 is 1.87 bits per heavy atom. The quantitative estimate of drug-likeness (QED) is 0.387. The van der Waals surface area contributed by atoms with Gasteiger partial charge in [0.1, 0.15) is 5.75 Å². The molecule has 0 bridgehead atoms. The molecule has 0 unspecified atom stereocenters. The van der Waals surface area contributed by atoms with Crippen LogP contribution in [0.15, 0.2) is 64.8 Å². The molecular weight excluding hydrogens is 368 g/mol. The highest BCUT2D eigenvalue weighted by atomic mass is 16.3. The van der Waals surface area contributed by atoms with Crippen LogP contribution in [-0.2, 0) is 0 Å². The van der Waals surface area contributed by atoms with E-state index < -0.39 is 5.60 Å². The SMILES string of the molecule is C#Cc1ccc([C@H](/C(=C(C)/C(C)=C\C)C2(C)CC2)/C(=C(/C)C=C)C(C)(C)O)c(O)c1. The van der Waals surface area contributed by atoms with Gasteiger partial charge in [-0.05, 0) is 94.2 Å². The molecule has 0 aliphatic heterocycles. The molecule has 2 nitrogen and oxygen atoms in total. The van der Waals surface area contributed by atoms with Gasteiger partial charge in [0.05, 0.1) is 5.60 Å². The highest BCUT2D eigenvalue weighted by molar-refractivity contribution is 5.57. The van der Waals surface area contributed by atoms with E-state index in [1.165, 1.54) is 16.7 Å². The first-order valence-electron chi connectivity index (χ1n) is 10.6. The van der Waals surface area contributed by atoms with Crippen molar-refractivity contribution < 1.29 is 10.2 Å². The van der Waals surface area contributed by atoms with Crippen molar-refractivity contribution in [2.75, 3.05) is 0 Å². The van der Waals surface area contributed by atoms with Crippen molar-refractivity contribution in [3.8, 4) is 18.1 Å². The fourth-order valence-corrected chi connectivity index (χ4v) is 4.41. The van der Waals surface area contributed by atoms with Gasteiger partial charge >= 0.3 is 0 Å². The van der Waals surface area contributed by atoms with E-state index >= 15 is 0 Å². The Kier molecular flexibility index (Phi) is 6.90. The third kappa shape index (κ3) is 4.63. The Hall–Kier alpha value is -2.50. The second-order valence-electron chi connectivity index (χ2n) is 9.28. The van der Waals surface area contributed by atoms with Crippen LogP contribution in [0.3, 0.4) is 0 Å². The van der Waals surface area contributed by atoms with Gasteiger partial charge in [0, 0.05) is 17.0 Å². The van der Waals surface area contributed by atoms with E-state index in [1.807, 2.05) is 26.0 Å². The van der Waals surface area contributed by atoms with E-state index in [4.69, 9.17) is 6.42 Å². The Morgan fingerprint density at radius 3 is 2.27 bits per heavy atom. The monoisotopic (exact) mass is 404 g/mol. The summed E-state index contributed by atoms with van der Waals surface area (Å²) in [6.07, 6.45) is 11.6. The number of terminal acetylenes is 1. The fraction of sp³-hybridized carbons (Fsp3) is 0.429. The minimum Gasteiger partial charge on any atom is -0.508 e. The standard InChI is InChI=1S/C28H36O2/c1-10-18(4)20(6)26(28(9)15-16-28)24(25(19(5)11-2)27(7,8)30)22-14-13-21(12-3)17-23(22)29/h3,10-11,13-14,17,24,29-30H,2,15-16H2,1,4-9H3/b18-10-,25-19+,26-20-/t24-/m0/s1. The lowest BCUT2D eigenvalue weighted by Crippen LogP contribution is -2.30. The highest BCUT2D eigenvalue weighted by Gasteiger charge is 2.48. The van der Waals surface area contributed by atoms with E-state index in [1.54, 1.807) is 26.0 Å². The zero-order valence-electron chi connectivity index (χ0n) is 19.6. The second-order valence-corrected chi connectivity index (χ2v) is 9.28. The number of hydrogen-bond acceptors (Lipinski definition) is 2. The first-order valence-corrected chi connectivity index (χ1v) is 10.6. The number of aromatic hydroxyl groups is 1. The van der Waals surface area contributed by atoms with Crippen LogP contribution in [0.2, 0.25) is 0 Å². The van der Waals surface area contributed by atoms with Crippen molar-refractivity contribution in [3.63, 3.8) is 0 Å². The van der Waals surface area contributed by atoms with Crippen molar-refractivity contribution in [3.05, 3.63) is 75.9 Å². The average Bonchev–Trinajstić information content (AvgIpc) is 3.43. The molecule has 0 amide bonds. The topological polar surface area (TPSA) is 40.5 Å². The molecule has 0 saturated heterocycles.